The number of urea groups is 1. The van der Waals surface area contributed by atoms with E-state index in [1.165, 1.54) is 7.11 Å². The van der Waals surface area contributed by atoms with Gasteiger partial charge in [0.2, 0.25) is 0 Å². The molecule has 1 saturated heterocycles. The fourth-order valence-electron chi connectivity index (χ4n) is 1.96. The second kappa shape index (κ2) is 7.96. The van der Waals surface area contributed by atoms with Crippen molar-refractivity contribution in [2.24, 2.45) is 5.92 Å². The summed E-state index contributed by atoms with van der Waals surface area (Å²) in [5.74, 6) is -0.617. The van der Waals surface area contributed by atoms with Gasteiger partial charge < -0.3 is 25.2 Å². The normalized spacial score (nSPS) is 21.7. The number of hydrogen-bond acceptors (Lipinski definition) is 4. The standard InChI is InChI=1S/C12H22N2O5/c1-8(9-3-4-19-7-9)14-12(17)13-6-10(18-2)5-11(15)16/h8-10H,3-7H2,1-2H3,(H,15,16)(H2,13,14,17). The van der Waals surface area contributed by atoms with Crippen LogP contribution in [-0.2, 0) is 14.3 Å². The zero-order chi connectivity index (χ0) is 14.3. The minimum Gasteiger partial charge on any atom is -0.481 e. The molecule has 0 radical (unpaired) electrons. The predicted octanol–water partition coefficient (Wildman–Crippen LogP) is 0.200. The first-order valence-corrected chi connectivity index (χ1v) is 6.39. The molecule has 1 rings (SSSR count). The Kier molecular flexibility index (Phi) is 6.58. The fourth-order valence-corrected chi connectivity index (χ4v) is 1.96. The number of aliphatic carboxylic acids is 1. The molecule has 0 spiro atoms. The van der Waals surface area contributed by atoms with Gasteiger partial charge in [0.15, 0.2) is 0 Å². The number of ether oxygens (including phenoxy) is 2. The van der Waals surface area contributed by atoms with Crippen molar-refractivity contribution in [1.29, 1.82) is 0 Å². The second-order valence-electron chi connectivity index (χ2n) is 4.72. The van der Waals surface area contributed by atoms with Crippen LogP contribution in [0.15, 0.2) is 0 Å². The monoisotopic (exact) mass is 274 g/mol. The van der Waals surface area contributed by atoms with Crippen LogP contribution in [0.1, 0.15) is 19.8 Å². The third-order valence-electron chi connectivity index (χ3n) is 3.26. The third-order valence-corrected chi connectivity index (χ3v) is 3.26. The molecule has 3 N–H and O–H groups in total. The van der Waals surface area contributed by atoms with Crippen molar-refractivity contribution >= 4 is 12.0 Å². The molecule has 19 heavy (non-hydrogen) atoms. The first-order chi connectivity index (χ1) is 9.02. The summed E-state index contributed by atoms with van der Waals surface area (Å²) < 4.78 is 10.2. The van der Waals surface area contributed by atoms with Crippen molar-refractivity contribution in [2.45, 2.75) is 31.9 Å². The summed E-state index contributed by atoms with van der Waals surface area (Å²) in [6.45, 7) is 3.51. The van der Waals surface area contributed by atoms with E-state index < -0.39 is 12.1 Å². The molecule has 0 aromatic rings. The van der Waals surface area contributed by atoms with Crippen LogP contribution in [0.2, 0.25) is 0 Å². The van der Waals surface area contributed by atoms with Crippen molar-refractivity contribution in [3.05, 3.63) is 0 Å². The number of methoxy groups -OCH3 is 1. The summed E-state index contributed by atoms with van der Waals surface area (Å²) >= 11 is 0. The highest BCUT2D eigenvalue weighted by atomic mass is 16.5. The Bertz CT molecular complexity index is 304. The maximum Gasteiger partial charge on any atom is 0.315 e. The van der Waals surface area contributed by atoms with Crippen molar-refractivity contribution in [2.75, 3.05) is 26.9 Å². The molecular formula is C12H22N2O5. The molecule has 0 aliphatic carbocycles. The summed E-state index contributed by atoms with van der Waals surface area (Å²) in [5.41, 5.74) is 0. The minimum absolute atomic E-state index is 0.0305. The van der Waals surface area contributed by atoms with Crippen LogP contribution < -0.4 is 10.6 Å². The highest BCUT2D eigenvalue weighted by Crippen LogP contribution is 2.16. The number of carbonyl (C=O) groups excluding carboxylic acids is 1. The lowest BCUT2D eigenvalue weighted by molar-refractivity contribution is -0.139. The summed E-state index contributed by atoms with van der Waals surface area (Å²) in [7, 11) is 1.42. The van der Waals surface area contributed by atoms with Crippen molar-refractivity contribution in [3.63, 3.8) is 0 Å². The Hall–Kier alpha value is -1.34. The molecule has 110 valence electrons. The molecule has 1 fully saturated rings. The largest absolute Gasteiger partial charge is 0.481 e. The van der Waals surface area contributed by atoms with Gasteiger partial charge in [0, 0.05) is 32.2 Å². The number of carbonyl (C=O) groups is 2. The number of carboxylic acids is 1. The molecule has 0 saturated carbocycles. The van der Waals surface area contributed by atoms with Gasteiger partial charge in [-0.05, 0) is 13.3 Å². The highest BCUT2D eigenvalue weighted by Gasteiger charge is 2.23. The molecule has 0 aromatic carbocycles. The lowest BCUT2D eigenvalue weighted by Gasteiger charge is -2.20. The molecule has 1 heterocycles. The summed E-state index contributed by atoms with van der Waals surface area (Å²) in [5, 5.41) is 14.1. The van der Waals surface area contributed by atoms with E-state index in [0.717, 1.165) is 13.0 Å². The molecule has 3 unspecified atom stereocenters. The van der Waals surface area contributed by atoms with E-state index in [2.05, 4.69) is 10.6 Å². The third kappa shape index (κ3) is 5.89. The van der Waals surface area contributed by atoms with Crippen molar-refractivity contribution < 1.29 is 24.2 Å². The van der Waals surface area contributed by atoms with Gasteiger partial charge >= 0.3 is 12.0 Å². The minimum atomic E-state index is -0.953. The van der Waals surface area contributed by atoms with E-state index in [1.54, 1.807) is 0 Å². The average Bonchev–Trinajstić information content (AvgIpc) is 2.87. The Labute approximate surface area is 112 Å². The first-order valence-electron chi connectivity index (χ1n) is 6.39. The fraction of sp³-hybridized carbons (Fsp3) is 0.833. The molecule has 1 aliphatic heterocycles. The van der Waals surface area contributed by atoms with Crippen LogP contribution in [0, 0.1) is 5.92 Å². The zero-order valence-corrected chi connectivity index (χ0v) is 11.3. The lowest BCUT2D eigenvalue weighted by Crippen LogP contribution is -2.46. The van der Waals surface area contributed by atoms with Gasteiger partial charge in [-0.25, -0.2) is 4.79 Å². The van der Waals surface area contributed by atoms with Gasteiger partial charge in [0.1, 0.15) is 0 Å². The van der Waals surface area contributed by atoms with Gasteiger partial charge in [-0.2, -0.15) is 0 Å². The molecule has 0 bridgehead atoms. The highest BCUT2D eigenvalue weighted by molar-refractivity contribution is 5.74. The molecule has 1 aliphatic rings. The summed E-state index contributed by atoms with van der Waals surface area (Å²) in [6.07, 6.45) is 0.289. The van der Waals surface area contributed by atoms with Crippen LogP contribution in [0.4, 0.5) is 4.79 Å². The Balaban J connectivity index is 2.24. The van der Waals surface area contributed by atoms with Crippen molar-refractivity contribution in [3.8, 4) is 0 Å². The van der Waals surface area contributed by atoms with E-state index in [9.17, 15) is 9.59 Å². The quantitative estimate of drug-likeness (QED) is 0.616. The molecule has 7 nitrogen and oxygen atoms in total. The Morgan fingerprint density at radius 3 is 2.79 bits per heavy atom. The molecule has 7 heteroatoms. The number of rotatable bonds is 7. The molecule has 0 aromatic heterocycles. The van der Waals surface area contributed by atoms with Crippen LogP contribution in [0.25, 0.3) is 0 Å². The topological polar surface area (TPSA) is 96.9 Å². The van der Waals surface area contributed by atoms with E-state index in [-0.39, 0.29) is 25.0 Å². The number of hydrogen-bond donors (Lipinski definition) is 3. The van der Waals surface area contributed by atoms with Gasteiger partial charge in [0.05, 0.1) is 19.1 Å². The van der Waals surface area contributed by atoms with Gasteiger partial charge in [-0.15, -0.1) is 0 Å². The SMILES string of the molecule is COC(CNC(=O)NC(C)C1CCOC1)CC(=O)O. The first kappa shape index (κ1) is 15.7. The van der Waals surface area contributed by atoms with Crippen LogP contribution in [-0.4, -0.2) is 56.1 Å². The summed E-state index contributed by atoms with van der Waals surface area (Å²) in [4.78, 5) is 22.2. The Morgan fingerprint density at radius 1 is 1.53 bits per heavy atom. The van der Waals surface area contributed by atoms with E-state index >= 15 is 0 Å². The van der Waals surface area contributed by atoms with Gasteiger partial charge in [-0.3, -0.25) is 4.79 Å². The maximum absolute atomic E-state index is 11.7. The Morgan fingerprint density at radius 2 is 2.26 bits per heavy atom. The van der Waals surface area contributed by atoms with Crippen LogP contribution >= 0.6 is 0 Å². The number of amides is 2. The van der Waals surface area contributed by atoms with Crippen LogP contribution in [0.3, 0.4) is 0 Å². The summed E-state index contributed by atoms with van der Waals surface area (Å²) in [6, 6.07) is -0.283. The van der Waals surface area contributed by atoms with E-state index in [1.807, 2.05) is 6.92 Å². The zero-order valence-electron chi connectivity index (χ0n) is 11.3. The lowest BCUT2D eigenvalue weighted by atomic mass is 10.0. The molecule has 3 atom stereocenters. The molecular weight excluding hydrogens is 252 g/mol. The van der Waals surface area contributed by atoms with E-state index in [4.69, 9.17) is 14.6 Å². The van der Waals surface area contributed by atoms with Gasteiger partial charge in [0.25, 0.3) is 0 Å². The average molecular weight is 274 g/mol. The van der Waals surface area contributed by atoms with Crippen molar-refractivity contribution in [1.82, 2.24) is 10.6 Å². The van der Waals surface area contributed by atoms with E-state index in [0.29, 0.717) is 12.5 Å². The molecule has 2 amide bonds. The number of nitrogens with one attached hydrogen (secondary N) is 2. The smallest absolute Gasteiger partial charge is 0.315 e. The van der Waals surface area contributed by atoms with Gasteiger partial charge in [-0.1, -0.05) is 0 Å². The predicted molar refractivity (Wildman–Crippen MR) is 68.0 cm³/mol. The maximum atomic E-state index is 11.7. The number of carboxylic acid groups (broad SMARTS) is 1. The van der Waals surface area contributed by atoms with Crippen LogP contribution in [0.5, 0.6) is 0 Å². The second-order valence-corrected chi connectivity index (χ2v) is 4.72.